The number of nitrogens with two attached hydrogens (primary N) is 1. The van der Waals surface area contributed by atoms with E-state index < -0.39 is 5.41 Å². The molecule has 0 amide bonds. The number of ether oxygens (including phenoxy) is 1. The molecular formula is C10H17N3O. The molecule has 4 nitrogen and oxygen atoms in total. The lowest BCUT2D eigenvalue weighted by Crippen LogP contribution is -2.57. The van der Waals surface area contributed by atoms with E-state index in [1.54, 1.807) is 0 Å². The average molecular weight is 195 g/mol. The van der Waals surface area contributed by atoms with Crippen molar-refractivity contribution in [3.05, 3.63) is 0 Å². The average Bonchev–Trinajstić information content (AvgIpc) is 2.50. The summed E-state index contributed by atoms with van der Waals surface area (Å²) in [4.78, 5) is 2.27. The second kappa shape index (κ2) is 3.50. The lowest BCUT2D eigenvalue weighted by Gasteiger charge is -2.42. The largest absolute Gasteiger partial charge is 0.378 e. The lowest BCUT2D eigenvalue weighted by molar-refractivity contribution is -0.0982. The summed E-state index contributed by atoms with van der Waals surface area (Å²) in [7, 11) is 2.10. The van der Waals surface area contributed by atoms with E-state index in [2.05, 4.69) is 18.0 Å². The van der Waals surface area contributed by atoms with Gasteiger partial charge in [0.05, 0.1) is 19.3 Å². The summed E-state index contributed by atoms with van der Waals surface area (Å²) in [6.45, 7) is 3.15. The fourth-order valence-electron chi connectivity index (χ4n) is 2.37. The van der Waals surface area contributed by atoms with Gasteiger partial charge in [-0.05, 0) is 25.9 Å². The molecule has 2 atom stereocenters. The van der Waals surface area contributed by atoms with Crippen molar-refractivity contribution < 1.29 is 4.74 Å². The molecule has 4 heteroatoms. The first-order chi connectivity index (χ1) is 6.68. The normalized spacial score (nSPS) is 33.4. The number of rotatable bonds is 2. The Morgan fingerprint density at radius 1 is 1.64 bits per heavy atom. The molecular weight excluding hydrogens is 178 g/mol. The van der Waals surface area contributed by atoms with Crippen molar-refractivity contribution in [2.24, 2.45) is 17.1 Å². The summed E-state index contributed by atoms with van der Waals surface area (Å²) in [6, 6.07) is 2.32. The lowest BCUT2D eigenvalue weighted by atomic mass is 9.74. The first-order valence-corrected chi connectivity index (χ1v) is 5.11. The summed E-state index contributed by atoms with van der Waals surface area (Å²) >= 11 is 0. The molecule has 0 aliphatic carbocycles. The molecule has 0 saturated carbocycles. The number of hydrogen-bond acceptors (Lipinski definition) is 4. The van der Waals surface area contributed by atoms with Crippen LogP contribution in [0.15, 0.2) is 0 Å². The van der Waals surface area contributed by atoms with E-state index in [1.165, 1.54) is 0 Å². The minimum atomic E-state index is -0.393. The molecule has 0 radical (unpaired) electrons. The third kappa shape index (κ3) is 1.42. The van der Waals surface area contributed by atoms with Crippen LogP contribution in [-0.2, 0) is 4.74 Å². The van der Waals surface area contributed by atoms with E-state index in [4.69, 9.17) is 15.7 Å². The van der Waals surface area contributed by atoms with Gasteiger partial charge >= 0.3 is 0 Å². The summed E-state index contributed by atoms with van der Waals surface area (Å²) < 4.78 is 5.12. The Bertz CT molecular complexity index is 257. The van der Waals surface area contributed by atoms with Crippen LogP contribution in [0.25, 0.3) is 0 Å². The van der Waals surface area contributed by atoms with E-state index in [0.29, 0.717) is 19.1 Å². The van der Waals surface area contributed by atoms with E-state index in [-0.39, 0.29) is 6.04 Å². The van der Waals surface area contributed by atoms with Crippen LogP contribution >= 0.6 is 0 Å². The first-order valence-electron chi connectivity index (χ1n) is 5.11. The van der Waals surface area contributed by atoms with Gasteiger partial charge in [0.15, 0.2) is 0 Å². The van der Waals surface area contributed by atoms with Crippen LogP contribution < -0.4 is 5.73 Å². The molecule has 2 N–H and O–H groups in total. The van der Waals surface area contributed by atoms with Crippen molar-refractivity contribution in [1.82, 2.24) is 4.90 Å². The van der Waals surface area contributed by atoms with E-state index in [9.17, 15) is 0 Å². The van der Waals surface area contributed by atoms with Crippen molar-refractivity contribution in [2.75, 3.05) is 33.4 Å². The fourth-order valence-corrected chi connectivity index (χ4v) is 2.37. The monoisotopic (exact) mass is 195 g/mol. The maximum Gasteiger partial charge on any atom is 0.119 e. The zero-order valence-electron chi connectivity index (χ0n) is 8.57. The summed E-state index contributed by atoms with van der Waals surface area (Å²) in [6.07, 6.45) is 1.11. The Kier molecular flexibility index (Phi) is 2.48. The fraction of sp³-hybridized carbons (Fsp3) is 0.900. The van der Waals surface area contributed by atoms with Gasteiger partial charge in [-0.2, -0.15) is 5.26 Å². The maximum atomic E-state index is 9.11. The number of nitrogens with zero attached hydrogens (tertiary/aromatic N) is 2. The van der Waals surface area contributed by atoms with Crippen LogP contribution in [0.5, 0.6) is 0 Å². The number of likely N-dealkylation sites (tertiary alicyclic amines) is 1. The molecule has 2 rings (SSSR count). The van der Waals surface area contributed by atoms with Crippen LogP contribution in [-0.4, -0.2) is 44.3 Å². The van der Waals surface area contributed by atoms with E-state index in [1.807, 2.05) is 0 Å². The van der Waals surface area contributed by atoms with Crippen LogP contribution in [0, 0.1) is 22.7 Å². The molecule has 2 saturated heterocycles. The second-order valence-corrected chi connectivity index (χ2v) is 4.60. The molecule has 2 heterocycles. The van der Waals surface area contributed by atoms with E-state index in [0.717, 1.165) is 19.5 Å². The van der Waals surface area contributed by atoms with Gasteiger partial charge in [-0.1, -0.05) is 0 Å². The van der Waals surface area contributed by atoms with Crippen molar-refractivity contribution in [2.45, 2.75) is 12.5 Å². The van der Waals surface area contributed by atoms with Gasteiger partial charge in [-0.15, -0.1) is 0 Å². The zero-order chi connectivity index (χ0) is 10.2. The summed E-state index contributed by atoms with van der Waals surface area (Å²) in [5, 5.41) is 9.11. The summed E-state index contributed by atoms with van der Waals surface area (Å²) in [5.41, 5.74) is 5.77. The highest BCUT2D eigenvalue weighted by Crippen LogP contribution is 2.35. The van der Waals surface area contributed by atoms with Crippen molar-refractivity contribution in [3.63, 3.8) is 0 Å². The Morgan fingerprint density at radius 3 is 2.71 bits per heavy atom. The Morgan fingerprint density at radius 2 is 2.36 bits per heavy atom. The molecule has 0 bridgehead atoms. The predicted octanol–water partition coefficient (Wildman–Crippen LogP) is -0.194. The maximum absolute atomic E-state index is 9.11. The highest BCUT2D eigenvalue weighted by Gasteiger charge is 2.48. The van der Waals surface area contributed by atoms with Crippen LogP contribution in [0.3, 0.4) is 0 Å². The molecule has 0 aromatic heterocycles. The molecule has 78 valence electrons. The zero-order valence-corrected chi connectivity index (χ0v) is 8.57. The highest BCUT2D eigenvalue weighted by molar-refractivity contribution is 5.12. The smallest absolute Gasteiger partial charge is 0.119 e. The van der Waals surface area contributed by atoms with Gasteiger partial charge in [-0.3, -0.25) is 0 Å². The van der Waals surface area contributed by atoms with Crippen molar-refractivity contribution >= 4 is 0 Å². The van der Waals surface area contributed by atoms with Crippen LogP contribution in [0.4, 0.5) is 0 Å². The summed E-state index contributed by atoms with van der Waals surface area (Å²) in [5.74, 6) is 0.462. The van der Waals surface area contributed by atoms with Crippen LogP contribution in [0.2, 0.25) is 0 Å². The van der Waals surface area contributed by atoms with Gasteiger partial charge in [0.25, 0.3) is 0 Å². The number of hydrogen-bond donors (Lipinski definition) is 1. The molecule has 2 fully saturated rings. The van der Waals surface area contributed by atoms with Gasteiger partial charge in [0.1, 0.15) is 5.41 Å². The molecule has 2 aliphatic heterocycles. The molecule has 0 aromatic carbocycles. The van der Waals surface area contributed by atoms with Crippen molar-refractivity contribution in [1.29, 1.82) is 5.26 Å². The first kappa shape index (κ1) is 9.91. The van der Waals surface area contributed by atoms with E-state index >= 15 is 0 Å². The highest BCUT2D eigenvalue weighted by atomic mass is 16.5. The Hall–Kier alpha value is -0.630. The van der Waals surface area contributed by atoms with Crippen molar-refractivity contribution in [3.8, 4) is 6.07 Å². The topological polar surface area (TPSA) is 62.3 Å². The Labute approximate surface area is 84.6 Å². The third-order valence-corrected chi connectivity index (χ3v) is 3.52. The quantitative estimate of drug-likeness (QED) is 0.663. The molecule has 2 aliphatic rings. The third-order valence-electron chi connectivity index (χ3n) is 3.52. The SMILES string of the molecule is CN1CCC(C(N)C2(C#N)COC2)C1. The van der Waals surface area contributed by atoms with Gasteiger partial charge in [-0.25, -0.2) is 0 Å². The van der Waals surface area contributed by atoms with Gasteiger partial charge in [0, 0.05) is 12.6 Å². The molecule has 14 heavy (non-hydrogen) atoms. The van der Waals surface area contributed by atoms with Gasteiger partial charge in [0.2, 0.25) is 0 Å². The molecule has 0 spiro atoms. The predicted molar refractivity (Wildman–Crippen MR) is 52.4 cm³/mol. The Balaban J connectivity index is 2.01. The number of nitriles is 1. The molecule has 2 unspecified atom stereocenters. The second-order valence-electron chi connectivity index (χ2n) is 4.60. The molecule has 0 aromatic rings. The van der Waals surface area contributed by atoms with Gasteiger partial charge < -0.3 is 15.4 Å². The minimum Gasteiger partial charge on any atom is -0.378 e. The minimum absolute atomic E-state index is 0.0220. The van der Waals surface area contributed by atoms with Crippen LogP contribution in [0.1, 0.15) is 6.42 Å². The standard InChI is InChI=1S/C10H17N3O/c1-13-3-2-8(4-13)9(12)10(5-11)6-14-7-10/h8-9H,2-4,6-7,12H2,1H3.